The molecule has 0 amide bonds. The first kappa shape index (κ1) is 19.7. The van der Waals surface area contributed by atoms with E-state index >= 15 is 0 Å². The van der Waals surface area contributed by atoms with Gasteiger partial charge in [0, 0.05) is 10.8 Å². The highest BCUT2D eigenvalue weighted by atomic mass is 16.1. The van der Waals surface area contributed by atoms with Crippen molar-refractivity contribution in [3.8, 4) is 0 Å². The number of aryl methyl sites for hydroxylation is 2. The number of hydrogen-bond acceptors (Lipinski definition) is 2. The number of benzene rings is 1. The lowest BCUT2D eigenvalue weighted by atomic mass is 9.48. The number of hydrogen-bond donors (Lipinski definition) is 0. The molecule has 30 heavy (non-hydrogen) atoms. The second-order valence-corrected chi connectivity index (χ2v) is 10.6. The van der Waals surface area contributed by atoms with Crippen LogP contribution in [0.3, 0.4) is 0 Å². The monoisotopic (exact) mass is 400 g/mol. The Labute approximate surface area is 180 Å². The molecular formula is C28H32O2. The maximum atomic E-state index is 13.6. The molecule has 0 radical (unpaired) electrons. The highest BCUT2D eigenvalue weighted by molar-refractivity contribution is 6.06. The molecule has 0 aromatic heterocycles. The fourth-order valence-electron chi connectivity index (χ4n) is 7.17. The Morgan fingerprint density at radius 1 is 1.07 bits per heavy atom. The molecule has 0 bridgehead atoms. The number of allylic oxidation sites excluding steroid dienone is 5. The van der Waals surface area contributed by atoms with Gasteiger partial charge in [0.25, 0.3) is 0 Å². The molecule has 4 aliphatic carbocycles. The van der Waals surface area contributed by atoms with Crippen LogP contribution in [0, 0.1) is 42.4 Å². The van der Waals surface area contributed by atoms with Crippen molar-refractivity contribution in [3.05, 3.63) is 64.3 Å². The Kier molecular flexibility index (Phi) is 4.36. The lowest BCUT2D eigenvalue weighted by molar-refractivity contribution is -0.129. The smallest absolute Gasteiger partial charge is 0.178 e. The zero-order chi connectivity index (χ0) is 21.3. The van der Waals surface area contributed by atoms with Crippen LogP contribution in [0.2, 0.25) is 0 Å². The Hall–Kier alpha value is -2.22. The van der Waals surface area contributed by atoms with Gasteiger partial charge in [-0.2, -0.15) is 0 Å². The second kappa shape index (κ2) is 6.64. The summed E-state index contributed by atoms with van der Waals surface area (Å²) in [7, 11) is 0. The third-order valence-electron chi connectivity index (χ3n) is 8.95. The topological polar surface area (TPSA) is 34.1 Å². The van der Waals surface area contributed by atoms with Crippen LogP contribution in [0.1, 0.15) is 62.6 Å². The first-order valence-electron chi connectivity index (χ1n) is 11.5. The van der Waals surface area contributed by atoms with Crippen molar-refractivity contribution in [2.75, 3.05) is 0 Å². The number of carbonyl (C=O) groups excluding carboxylic acids is 2. The highest BCUT2D eigenvalue weighted by Gasteiger charge is 2.59. The SMILES string of the molecule is Cc1ccc(C=C2C[C@H]3[C@@H]4CCC5=CC(=O)C=C[C@]5(C)[C@H]4CC[C@]3(C)C2=O)c(C)c1. The Bertz CT molecular complexity index is 1040. The molecule has 0 unspecified atom stereocenters. The van der Waals surface area contributed by atoms with Gasteiger partial charge in [0.05, 0.1) is 0 Å². The molecule has 2 heteroatoms. The summed E-state index contributed by atoms with van der Waals surface area (Å²) in [4.78, 5) is 25.5. The Morgan fingerprint density at radius 2 is 1.87 bits per heavy atom. The molecule has 0 aliphatic heterocycles. The fraction of sp³-hybridized carbons (Fsp3) is 0.500. The van der Waals surface area contributed by atoms with Crippen molar-refractivity contribution >= 4 is 17.6 Å². The summed E-state index contributed by atoms with van der Waals surface area (Å²) >= 11 is 0. The van der Waals surface area contributed by atoms with E-state index in [-0.39, 0.29) is 16.6 Å². The van der Waals surface area contributed by atoms with Crippen LogP contribution in [-0.2, 0) is 9.59 Å². The maximum absolute atomic E-state index is 13.6. The average Bonchev–Trinajstić information content (AvgIpc) is 2.95. The largest absolute Gasteiger partial charge is 0.294 e. The van der Waals surface area contributed by atoms with E-state index in [4.69, 9.17) is 0 Å². The van der Waals surface area contributed by atoms with Crippen molar-refractivity contribution in [1.82, 2.24) is 0 Å². The predicted octanol–water partition coefficient (Wildman–Crippen LogP) is 6.17. The first-order valence-corrected chi connectivity index (χ1v) is 11.5. The zero-order valence-corrected chi connectivity index (χ0v) is 18.6. The van der Waals surface area contributed by atoms with Gasteiger partial charge in [-0.15, -0.1) is 0 Å². The van der Waals surface area contributed by atoms with Crippen molar-refractivity contribution in [2.24, 2.45) is 28.6 Å². The normalized spacial score (nSPS) is 38.9. The van der Waals surface area contributed by atoms with E-state index in [0.717, 1.165) is 37.7 Å². The molecule has 156 valence electrons. The van der Waals surface area contributed by atoms with Crippen LogP contribution in [0.5, 0.6) is 0 Å². The average molecular weight is 401 g/mol. The molecular weight excluding hydrogens is 368 g/mol. The van der Waals surface area contributed by atoms with Crippen molar-refractivity contribution in [2.45, 2.75) is 59.8 Å². The molecule has 2 nitrogen and oxygen atoms in total. The van der Waals surface area contributed by atoms with E-state index in [1.807, 2.05) is 6.08 Å². The van der Waals surface area contributed by atoms with E-state index in [9.17, 15) is 9.59 Å². The molecule has 0 heterocycles. The van der Waals surface area contributed by atoms with Crippen molar-refractivity contribution in [3.63, 3.8) is 0 Å². The van der Waals surface area contributed by atoms with E-state index < -0.39 is 0 Å². The van der Waals surface area contributed by atoms with Crippen LogP contribution < -0.4 is 0 Å². The molecule has 1 aromatic rings. The number of fused-ring (bicyclic) bond motifs is 5. The zero-order valence-electron chi connectivity index (χ0n) is 18.6. The van der Waals surface area contributed by atoms with Gasteiger partial charge in [-0.1, -0.05) is 49.3 Å². The summed E-state index contributed by atoms with van der Waals surface area (Å²) in [5.41, 5.74) is 5.78. The number of Topliss-reactive ketones (excluding diaryl/α,β-unsaturated/α-hetero) is 1. The van der Waals surface area contributed by atoms with E-state index in [1.165, 1.54) is 22.3 Å². The molecule has 5 rings (SSSR count). The number of ketones is 2. The van der Waals surface area contributed by atoms with E-state index in [2.05, 4.69) is 58.0 Å². The minimum absolute atomic E-state index is 0.0127. The summed E-state index contributed by atoms with van der Waals surface area (Å²) in [5.74, 6) is 2.03. The van der Waals surface area contributed by atoms with Crippen LogP contribution in [0.15, 0.2) is 47.6 Å². The van der Waals surface area contributed by atoms with Gasteiger partial charge >= 0.3 is 0 Å². The third-order valence-corrected chi connectivity index (χ3v) is 8.95. The summed E-state index contributed by atoms with van der Waals surface area (Å²) < 4.78 is 0. The van der Waals surface area contributed by atoms with Crippen LogP contribution in [-0.4, -0.2) is 11.6 Å². The van der Waals surface area contributed by atoms with Gasteiger partial charge < -0.3 is 0 Å². The number of rotatable bonds is 1. The maximum Gasteiger partial charge on any atom is 0.178 e. The molecule has 4 aliphatic rings. The van der Waals surface area contributed by atoms with Crippen molar-refractivity contribution < 1.29 is 9.59 Å². The van der Waals surface area contributed by atoms with Crippen LogP contribution >= 0.6 is 0 Å². The fourth-order valence-corrected chi connectivity index (χ4v) is 7.17. The predicted molar refractivity (Wildman–Crippen MR) is 121 cm³/mol. The van der Waals surface area contributed by atoms with Crippen molar-refractivity contribution in [1.29, 1.82) is 0 Å². The Morgan fingerprint density at radius 3 is 2.63 bits per heavy atom. The van der Waals surface area contributed by atoms with E-state index in [0.29, 0.717) is 23.5 Å². The summed E-state index contributed by atoms with van der Waals surface area (Å²) in [6.45, 7) is 8.80. The van der Waals surface area contributed by atoms with Gasteiger partial charge in [-0.05, 0) is 98.6 Å². The molecule has 5 atom stereocenters. The minimum atomic E-state index is -0.225. The molecule has 0 spiro atoms. The second-order valence-electron chi connectivity index (χ2n) is 10.6. The summed E-state index contributed by atoms with van der Waals surface area (Å²) in [6, 6.07) is 6.49. The van der Waals surface area contributed by atoms with Gasteiger partial charge in [0.1, 0.15) is 0 Å². The van der Waals surface area contributed by atoms with E-state index in [1.54, 1.807) is 6.08 Å². The van der Waals surface area contributed by atoms with Crippen LogP contribution in [0.4, 0.5) is 0 Å². The number of carbonyl (C=O) groups is 2. The standard InChI is InChI=1S/C28H32O2/c1-17-5-6-19(18(2)13-17)14-20-15-25-23-8-7-21-16-22(29)9-11-27(21,3)24(23)10-12-28(25,4)26(20)30/h5-6,9,11,13-14,16,23-25H,7-8,10,12,15H2,1-4H3/t23-,24+,25+,27+,28+/m1/s1. The molecule has 3 saturated carbocycles. The van der Waals surface area contributed by atoms with Gasteiger partial charge in [0.2, 0.25) is 0 Å². The minimum Gasteiger partial charge on any atom is -0.294 e. The Balaban J connectivity index is 1.49. The van der Waals surface area contributed by atoms with Gasteiger partial charge in [-0.25, -0.2) is 0 Å². The van der Waals surface area contributed by atoms with Gasteiger partial charge in [-0.3, -0.25) is 9.59 Å². The van der Waals surface area contributed by atoms with Gasteiger partial charge in [0.15, 0.2) is 11.6 Å². The quantitative estimate of drug-likeness (QED) is 0.528. The third kappa shape index (κ3) is 2.76. The van der Waals surface area contributed by atoms with Crippen LogP contribution in [0.25, 0.3) is 6.08 Å². The summed E-state index contributed by atoms with van der Waals surface area (Å²) in [5, 5.41) is 0. The first-order chi connectivity index (χ1) is 14.2. The summed E-state index contributed by atoms with van der Waals surface area (Å²) in [6.07, 6.45) is 13.0. The highest BCUT2D eigenvalue weighted by Crippen LogP contribution is 2.64. The molecule has 3 fully saturated rings. The molecule has 0 saturated heterocycles. The molecule has 0 N–H and O–H groups in total. The molecule has 1 aromatic carbocycles. The lowest BCUT2D eigenvalue weighted by Gasteiger charge is -2.55. The lowest BCUT2D eigenvalue weighted by Crippen LogP contribution is -2.49.